The van der Waals surface area contributed by atoms with Gasteiger partial charge in [-0.05, 0) is 41.8 Å². The van der Waals surface area contributed by atoms with Gasteiger partial charge in [-0.3, -0.25) is 4.79 Å². The van der Waals surface area contributed by atoms with Crippen LogP contribution in [-0.2, 0) is 16.0 Å². The van der Waals surface area contributed by atoms with Crippen molar-refractivity contribution in [2.45, 2.75) is 19.4 Å². The van der Waals surface area contributed by atoms with E-state index < -0.39 is 6.04 Å². The number of nitrogens with zero attached hydrogens (tertiary/aromatic N) is 2. The molecule has 1 unspecified atom stereocenters. The summed E-state index contributed by atoms with van der Waals surface area (Å²) in [6, 6.07) is 22.5. The fourth-order valence-corrected chi connectivity index (χ4v) is 3.83. The molecule has 0 fully saturated rings. The number of carbonyl (C=O) groups is 1. The molecule has 32 heavy (non-hydrogen) atoms. The van der Waals surface area contributed by atoms with Crippen LogP contribution >= 0.6 is 0 Å². The number of fused-ring (bicyclic) bond motifs is 1. The maximum Gasteiger partial charge on any atom is 0.255 e. The quantitative estimate of drug-likeness (QED) is 0.496. The molecule has 1 amide bonds. The Morgan fingerprint density at radius 1 is 0.938 bits per heavy atom. The molecule has 3 aromatic rings. The minimum absolute atomic E-state index is 0.205. The highest BCUT2D eigenvalue weighted by Gasteiger charge is 2.32. The van der Waals surface area contributed by atoms with Crippen LogP contribution in [-0.4, -0.2) is 20.1 Å². The monoisotopic (exact) mass is 427 g/mol. The Hall–Kier alpha value is -3.93. The third-order valence-electron chi connectivity index (χ3n) is 5.52. The third kappa shape index (κ3) is 4.25. The average Bonchev–Trinajstić information content (AvgIpc) is 2.83. The van der Waals surface area contributed by atoms with Crippen molar-refractivity contribution < 1.29 is 14.3 Å². The predicted octanol–water partition coefficient (Wildman–Crippen LogP) is 5.92. The van der Waals surface area contributed by atoms with Gasteiger partial charge in [-0.15, -0.1) is 0 Å². The largest absolute Gasteiger partial charge is 0.498 e. The molecule has 0 saturated carbocycles. The molecule has 1 N–H and O–H groups in total. The summed E-state index contributed by atoms with van der Waals surface area (Å²) in [6.45, 7) is 1.96. The minimum Gasteiger partial charge on any atom is -0.498 e. The van der Waals surface area contributed by atoms with Gasteiger partial charge in [-0.1, -0.05) is 54.6 Å². The number of hydrogen-bond acceptors (Lipinski definition) is 5. The Morgan fingerprint density at radius 3 is 2.44 bits per heavy atom. The number of anilines is 1. The van der Waals surface area contributed by atoms with Crippen LogP contribution in [0, 0.1) is 6.92 Å². The second kappa shape index (κ2) is 9.47. The first-order chi connectivity index (χ1) is 15.6. The zero-order valence-electron chi connectivity index (χ0n) is 18.3. The van der Waals surface area contributed by atoms with Crippen molar-refractivity contribution in [3.05, 3.63) is 101 Å². The predicted molar refractivity (Wildman–Crippen MR) is 124 cm³/mol. The molecule has 0 aliphatic heterocycles. The number of benzene rings is 3. The van der Waals surface area contributed by atoms with Crippen LogP contribution in [0.5, 0.6) is 5.75 Å². The molecule has 0 saturated heterocycles. The van der Waals surface area contributed by atoms with Gasteiger partial charge in [-0.2, -0.15) is 10.2 Å². The fourth-order valence-electron chi connectivity index (χ4n) is 3.83. The molecule has 0 heterocycles. The molecule has 0 bridgehead atoms. The Balaban J connectivity index is 1.74. The Kier molecular flexibility index (Phi) is 6.31. The summed E-state index contributed by atoms with van der Waals surface area (Å²) >= 11 is 0. The van der Waals surface area contributed by atoms with Crippen molar-refractivity contribution in [2.24, 2.45) is 10.2 Å². The molecule has 4 rings (SSSR count). The first-order valence-electron chi connectivity index (χ1n) is 10.4. The summed E-state index contributed by atoms with van der Waals surface area (Å²) in [7, 11) is 3.16. The van der Waals surface area contributed by atoms with E-state index in [1.807, 2.05) is 79.7 Å². The van der Waals surface area contributed by atoms with Crippen LogP contribution < -0.4 is 10.1 Å². The number of aryl methyl sites for hydroxylation is 1. The van der Waals surface area contributed by atoms with E-state index in [2.05, 4.69) is 15.5 Å². The number of ether oxygens (including phenoxy) is 2. The van der Waals surface area contributed by atoms with Crippen molar-refractivity contribution in [3.63, 3.8) is 0 Å². The second-order valence-electron chi connectivity index (χ2n) is 7.48. The average molecular weight is 428 g/mol. The van der Waals surface area contributed by atoms with Gasteiger partial charge in [-0.25, -0.2) is 0 Å². The highest BCUT2D eigenvalue weighted by atomic mass is 16.5. The lowest BCUT2D eigenvalue weighted by molar-refractivity contribution is -0.113. The van der Waals surface area contributed by atoms with Crippen LogP contribution in [0.25, 0.3) is 0 Å². The van der Waals surface area contributed by atoms with Gasteiger partial charge in [0.2, 0.25) is 0 Å². The molecule has 1 atom stereocenters. The lowest BCUT2D eigenvalue weighted by atomic mass is 9.86. The smallest absolute Gasteiger partial charge is 0.255 e. The van der Waals surface area contributed by atoms with E-state index in [-0.39, 0.29) is 5.91 Å². The summed E-state index contributed by atoms with van der Waals surface area (Å²) in [5.74, 6) is 0.914. The van der Waals surface area contributed by atoms with Crippen molar-refractivity contribution >= 4 is 17.3 Å². The maximum absolute atomic E-state index is 13.3. The van der Waals surface area contributed by atoms with Gasteiger partial charge in [0.1, 0.15) is 17.2 Å². The van der Waals surface area contributed by atoms with E-state index in [0.29, 0.717) is 29.2 Å². The molecule has 3 aromatic carbocycles. The lowest BCUT2D eigenvalue weighted by Crippen LogP contribution is -2.24. The summed E-state index contributed by atoms with van der Waals surface area (Å²) in [5.41, 5.74) is 4.90. The van der Waals surface area contributed by atoms with Crippen molar-refractivity contribution in [2.75, 3.05) is 19.5 Å². The molecule has 1 aliphatic carbocycles. The van der Waals surface area contributed by atoms with E-state index in [4.69, 9.17) is 9.47 Å². The van der Waals surface area contributed by atoms with E-state index in [1.54, 1.807) is 14.2 Å². The molecule has 0 aromatic heterocycles. The zero-order valence-corrected chi connectivity index (χ0v) is 18.3. The molecular weight excluding hydrogens is 402 g/mol. The van der Waals surface area contributed by atoms with Crippen molar-refractivity contribution in [1.82, 2.24) is 0 Å². The number of para-hydroxylation sites is 2. The number of azo groups is 1. The zero-order chi connectivity index (χ0) is 22.5. The van der Waals surface area contributed by atoms with E-state index >= 15 is 0 Å². The molecule has 6 heteroatoms. The van der Waals surface area contributed by atoms with Gasteiger partial charge in [0.25, 0.3) is 5.91 Å². The van der Waals surface area contributed by atoms with Crippen LogP contribution in [0.4, 0.5) is 11.4 Å². The Morgan fingerprint density at radius 2 is 1.66 bits per heavy atom. The standard InChI is InChI=1S/C26H25N3O3/c1-17-10-4-7-13-21(17)27-26(30)20-16-18-11-5-6-12-19(18)24(25(20)32-3)29-28-22-14-8-9-15-23(22)31-2/h4-15,24H,16H2,1-3H3,(H,27,30). The molecular formula is C26H25N3O3. The minimum atomic E-state index is -0.535. The van der Waals surface area contributed by atoms with Gasteiger partial charge in [0.05, 0.1) is 19.8 Å². The normalized spacial score (nSPS) is 15.4. The SMILES string of the molecule is COC1=C(C(=O)Nc2ccccc2C)Cc2ccccc2C1N=Nc1ccccc1OC. The summed E-state index contributed by atoms with van der Waals surface area (Å²) in [6.07, 6.45) is 0.456. The number of hydrogen-bond donors (Lipinski definition) is 1. The highest BCUT2D eigenvalue weighted by Crippen LogP contribution is 2.39. The molecule has 0 spiro atoms. The first-order valence-corrected chi connectivity index (χ1v) is 10.4. The number of nitrogens with one attached hydrogen (secondary N) is 1. The van der Waals surface area contributed by atoms with Crippen LogP contribution in [0.2, 0.25) is 0 Å². The van der Waals surface area contributed by atoms with E-state index in [9.17, 15) is 4.79 Å². The van der Waals surface area contributed by atoms with Crippen LogP contribution in [0.15, 0.2) is 94.4 Å². The number of rotatable bonds is 6. The van der Waals surface area contributed by atoms with Gasteiger partial charge < -0.3 is 14.8 Å². The third-order valence-corrected chi connectivity index (χ3v) is 5.52. The van der Waals surface area contributed by atoms with Crippen LogP contribution in [0.1, 0.15) is 22.7 Å². The summed E-state index contributed by atoms with van der Waals surface area (Å²) in [4.78, 5) is 13.3. The maximum atomic E-state index is 13.3. The first kappa shape index (κ1) is 21.3. The number of methoxy groups -OCH3 is 2. The Bertz CT molecular complexity index is 1200. The topological polar surface area (TPSA) is 72.3 Å². The summed E-state index contributed by atoms with van der Waals surface area (Å²) < 4.78 is 11.1. The fraction of sp³-hybridized carbons (Fsp3) is 0.192. The van der Waals surface area contributed by atoms with Gasteiger partial charge in [0.15, 0.2) is 6.04 Å². The molecule has 1 aliphatic rings. The highest BCUT2D eigenvalue weighted by molar-refractivity contribution is 6.05. The molecule has 162 valence electrons. The Labute approximate surface area is 187 Å². The summed E-state index contributed by atoms with van der Waals surface area (Å²) in [5, 5.41) is 12.1. The van der Waals surface area contributed by atoms with Gasteiger partial charge in [0, 0.05) is 12.1 Å². The van der Waals surface area contributed by atoms with Gasteiger partial charge >= 0.3 is 0 Å². The van der Waals surface area contributed by atoms with E-state index in [1.165, 1.54) is 0 Å². The second-order valence-corrected chi connectivity index (χ2v) is 7.48. The molecule has 6 nitrogen and oxygen atoms in total. The lowest BCUT2D eigenvalue weighted by Gasteiger charge is -2.26. The number of carbonyl (C=O) groups excluding carboxylic acids is 1. The number of amides is 1. The van der Waals surface area contributed by atoms with E-state index in [0.717, 1.165) is 22.4 Å². The molecule has 0 radical (unpaired) electrons. The van der Waals surface area contributed by atoms with Crippen molar-refractivity contribution in [1.29, 1.82) is 0 Å². The van der Waals surface area contributed by atoms with Crippen LogP contribution in [0.3, 0.4) is 0 Å². The van der Waals surface area contributed by atoms with Crippen molar-refractivity contribution in [3.8, 4) is 5.75 Å².